The SMILES string of the molecule is C.CCCC(O)c1ccc(C#CC2(O)CCCCC2)s1.CCCC(O)c1ccc(CCC2CCCCC2)s1.CCCC(O)c1ccc(SCC2CCCCC2)s1.CCCC(O)c1cccc(NCC2CCCCC2)n1.CCCCc1nc(CCC2CCCCC2)cs1.CCCCn1cc(CCC2CCCCC2)nn1. The van der Waals surface area contributed by atoms with Gasteiger partial charge in [0.25, 0.3) is 0 Å². The van der Waals surface area contributed by atoms with Gasteiger partial charge in [0, 0.05) is 49.9 Å². The molecule has 614 valence electrons. The number of aliphatic hydroxyl groups excluding tert-OH is 4. The molecule has 6 fully saturated rings. The maximum Gasteiger partial charge on any atom is 0.126 e. The Bertz CT molecular complexity index is 3120. The predicted molar refractivity (Wildman–Crippen MR) is 471 cm³/mol. The number of unbranched alkanes of at least 4 members (excludes halogenated alkanes) is 2. The minimum absolute atomic E-state index is 0. The van der Waals surface area contributed by atoms with Crippen LogP contribution in [0.15, 0.2) is 70.4 Å². The van der Waals surface area contributed by atoms with E-state index >= 15 is 0 Å². The number of nitrogens with zero attached hydrogens (tertiary/aromatic N) is 5. The molecule has 0 aliphatic heterocycles. The van der Waals surface area contributed by atoms with Crippen molar-refractivity contribution in [3.63, 3.8) is 0 Å². The quantitative estimate of drug-likeness (QED) is 0.0171. The van der Waals surface area contributed by atoms with Crippen molar-refractivity contribution in [2.24, 2.45) is 29.6 Å². The molecule has 0 saturated heterocycles. The second-order valence-electron chi connectivity index (χ2n) is 32.7. The highest BCUT2D eigenvalue weighted by atomic mass is 32.2. The summed E-state index contributed by atoms with van der Waals surface area (Å²) in [5.74, 6) is 12.9. The first-order valence-corrected chi connectivity index (χ1v) is 48.5. The lowest BCUT2D eigenvalue weighted by molar-refractivity contribution is 0.0610. The molecule has 11 nitrogen and oxygen atoms in total. The summed E-state index contributed by atoms with van der Waals surface area (Å²) in [7, 11) is 0. The third kappa shape index (κ3) is 38.7. The van der Waals surface area contributed by atoms with Crippen molar-refractivity contribution in [3.05, 3.63) is 113 Å². The van der Waals surface area contributed by atoms with Crippen LogP contribution in [0.1, 0.15) is 409 Å². The van der Waals surface area contributed by atoms with Crippen LogP contribution < -0.4 is 5.32 Å². The van der Waals surface area contributed by atoms with Gasteiger partial charge in [0.15, 0.2) is 0 Å². The van der Waals surface area contributed by atoms with E-state index in [1.165, 1.54) is 274 Å². The van der Waals surface area contributed by atoms with Gasteiger partial charge >= 0.3 is 0 Å². The number of aryl methyl sites for hydroxylation is 5. The van der Waals surface area contributed by atoms with Gasteiger partial charge in [-0.3, -0.25) is 4.68 Å². The predicted octanol–water partition coefficient (Wildman–Crippen LogP) is 27.1. The molecule has 0 radical (unpaired) electrons. The zero-order valence-corrected chi connectivity index (χ0v) is 72.4. The van der Waals surface area contributed by atoms with Crippen LogP contribution in [0.2, 0.25) is 0 Å². The van der Waals surface area contributed by atoms with E-state index < -0.39 is 11.7 Å². The number of thiazole rings is 1. The molecule has 0 bridgehead atoms. The molecule has 6 aromatic rings. The fourth-order valence-electron chi connectivity index (χ4n) is 16.2. The van der Waals surface area contributed by atoms with Gasteiger partial charge in [-0.15, -0.1) is 62.2 Å². The standard InChI is InChI=1S/C16H26N2O.C16H22O2S.C16H26OS.C15H25NS.C15H24OS2.C14H25N3.CH4/c1-2-7-15(19)14-10-6-11-16(18-14)17-12-13-8-4-3-5-9-13;1-2-6-14(17)15-8-7-13(19-15)9-12-16(18)10-4-3-5-11-16;1-2-6-15(17)16-12-11-14(18-16)10-9-13-7-4-3-5-8-13;1-2-3-9-15-16-14(12-17-15)11-10-13-7-5-4-6-8-13;1-2-6-13(16)14-9-10-15(18-14)17-11-12-7-4-3-5-8-12;1-2-3-11-17-12-14(15-16-17)10-9-13-7-5-4-6-8-13;/h6,10-11,13,15,19H,2-5,7-9,12H2,1H3,(H,17,18);7-8,14,17-18H,2-6,10-11H2,1H3;11-13,15,17H,2-10H2,1H3;12-13H,2-11H2,1H3;9-10,12-13,16H,2-8,11H2,1H3;12-13H,2-11H2,1H3;1H4. The summed E-state index contributed by atoms with van der Waals surface area (Å²) < 4.78 is 3.38. The summed E-state index contributed by atoms with van der Waals surface area (Å²) in [6.07, 6.45) is 62.6. The second kappa shape index (κ2) is 56.7. The fraction of sp³-hybridized carbons (Fsp3) is 0.742. The van der Waals surface area contributed by atoms with Crippen LogP contribution in [0.25, 0.3) is 0 Å². The largest absolute Gasteiger partial charge is 0.388 e. The Kier molecular flexibility index (Phi) is 49.1. The van der Waals surface area contributed by atoms with Gasteiger partial charge in [-0.05, 0) is 213 Å². The van der Waals surface area contributed by atoms with Crippen LogP contribution in [-0.2, 0) is 32.2 Å². The molecule has 0 amide bonds. The number of anilines is 1. The molecule has 6 aliphatic rings. The molecule has 16 heteroatoms. The number of thioether (sulfide) groups is 1. The van der Waals surface area contributed by atoms with E-state index in [4.69, 9.17) is 4.98 Å². The highest BCUT2D eigenvalue weighted by Gasteiger charge is 2.27. The topological polar surface area (TPSA) is 170 Å². The van der Waals surface area contributed by atoms with Crippen LogP contribution in [0, 0.1) is 41.4 Å². The highest BCUT2D eigenvalue weighted by molar-refractivity contribution is 8.01. The molecule has 0 aromatic carbocycles. The number of hydrogen-bond acceptors (Lipinski definition) is 15. The monoisotopic (exact) mass is 1590 g/mol. The summed E-state index contributed by atoms with van der Waals surface area (Å²) in [4.78, 5) is 14.9. The number of aliphatic hydroxyl groups is 5. The van der Waals surface area contributed by atoms with E-state index in [1.807, 2.05) is 69.4 Å². The van der Waals surface area contributed by atoms with Crippen molar-refractivity contribution in [2.75, 3.05) is 17.6 Å². The Morgan fingerprint density at radius 3 is 1.57 bits per heavy atom. The van der Waals surface area contributed by atoms with Gasteiger partial charge in [0.1, 0.15) is 11.4 Å². The molecular weight excluding hydrogens is 1440 g/mol. The molecule has 4 unspecified atom stereocenters. The Morgan fingerprint density at radius 1 is 0.505 bits per heavy atom. The number of pyridine rings is 1. The molecule has 6 N–H and O–H groups in total. The summed E-state index contributed by atoms with van der Waals surface area (Å²) in [5, 5.41) is 65.6. The number of thiophene rings is 3. The molecule has 6 heterocycles. The van der Waals surface area contributed by atoms with Crippen molar-refractivity contribution in [3.8, 4) is 11.8 Å². The smallest absolute Gasteiger partial charge is 0.126 e. The molecule has 6 saturated carbocycles. The van der Waals surface area contributed by atoms with Crippen LogP contribution in [0.3, 0.4) is 0 Å². The van der Waals surface area contributed by atoms with Crippen molar-refractivity contribution in [1.82, 2.24) is 25.0 Å². The molecule has 0 spiro atoms. The molecule has 12 rings (SSSR count). The lowest BCUT2D eigenvalue weighted by Gasteiger charge is -2.26. The van der Waals surface area contributed by atoms with Gasteiger partial charge in [-0.2, -0.15) is 0 Å². The summed E-state index contributed by atoms with van der Waals surface area (Å²) >= 11 is 8.99. The third-order valence-electron chi connectivity index (χ3n) is 23.1. The van der Waals surface area contributed by atoms with Gasteiger partial charge in [0.05, 0.1) is 55.6 Å². The molecule has 4 atom stereocenters. The maximum atomic E-state index is 10.3. The Hall–Kier alpha value is -3.47. The zero-order chi connectivity index (χ0) is 76.7. The highest BCUT2D eigenvalue weighted by Crippen LogP contribution is 2.38. The van der Waals surface area contributed by atoms with E-state index in [1.54, 1.807) is 11.3 Å². The minimum atomic E-state index is -0.787. The number of aromatic nitrogens is 5. The van der Waals surface area contributed by atoms with Crippen LogP contribution in [0.5, 0.6) is 0 Å². The normalized spacial score (nSPS) is 18.3. The van der Waals surface area contributed by atoms with E-state index in [9.17, 15) is 25.5 Å². The average Bonchev–Trinajstić information content (AvgIpc) is 1.82. The Balaban J connectivity index is 0.000000204. The van der Waals surface area contributed by atoms with Gasteiger partial charge in [-0.1, -0.05) is 252 Å². The molecular formula is C93H152N6O5S5. The van der Waals surface area contributed by atoms with Gasteiger partial charge in [0.2, 0.25) is 0 Å². The van der Waals surface area contributed by atoms with Crippen molar-refractivity contribution in [2.45, 2.75) is 404 Å². The van der Waals surface area contributed by atoms with Gasteiger partial charge in [-0.25, -0.2) is 9.97 Å². The molecule has 6 aliphatic carbocycles. The Labute approximate surface area is 684 Å². The summed E-state index contributed by atoms with van der Waals surface area (Å²) in [5.41, 5.74) is 2.54. The first-order valence-electron chi connectivity index (χ1n) is 44.2. The maximum absolute atomic E-state index is 10.3. The van der Waals surface area contributed by atoms with E-state index in [-0.39, 0.29) is 25.7 Å². The minimum Gasteiger partial charge on any atom is -0.388 e. The first-order chi connectivity index (χ1) is 52.8. The first kappa shape index (κ1) is 94.4. The number of rotatable bonds is 33. The van der Waals surface area contributed by atoms with E-state index in [0.717, 1.165) is 157 Å². The fourth-order valence-corrected chi connectivity index (χ4v) is 21.4. The second-order valence-corrected chi connectivity index (χ2v) is 38.4. The zero-order valence-electron chi connectivity index (χ0n) is 68.3. The Morgan fingerprint density at radius 2 is 1.00 bits per heavy atom. The third-order valence-corrected chi connectivity index (χ3v) is 29.0. The number of hydrogen-bond donors (Lipinski definition) is 6. The van der Waals surface area contributed by atoms with Crippen LogP contribution in [0.4, 0.5) is 5.82 Å². The summed E-state index contributed by atoms with van der Waals surface area (Å²) in [6, 6.07) is 18.4. The molecule has 6 aromatic heterocycles. The van der Waals surface area contributed by atoms with Gasteiger partial charge < -0.3 is 30.8 Å². The van der Waals surface area contributed by atoms with Crippen LogP contribution in [-0.4, -0.2) is 68.4 Å². The van der Waals surface area contributed by atoms with E-state index in [0.29, 0.717) is 0 Å². The van der Waals surface area contributed by atoms with Crippen molar-refractivity contribution >= 4 is 62.9 Å². The van der Waals surface area contributed by atoms with Crippen LogP contribution >= 0.6 is 57.1 Å². The van der Waals surface area contributed by atoms with Crippen molar-refractivity contribution in [1.29, 1.82) is 0 Å². The summed E-state index contributed by atoms with van der Waals surface area (Å²) in [6.45, 7) is 14.9. The number of nitrogens with one attached hydrogen (secondary N) is 1. The lowest BCUT2D eigenvalue weighted by Crippen LogP contribution is -2.29. The lowest BCUT2D eigenvalue weighted by atomic mass is 9.85. The van der Waals surface area contributed by atoms with E-state index in [2.05, 4.69) is 110 Å². The average molecular weight is 1590 g/mol. The van der Waals surface area contributed by atoms with Crippen molar-refractivity contribution < 1.29 is 25.5 Å². The molecule has 109 heavy (non-hydrogen) atoms.